The number of rotatable bonds is 2. The maximum absolute atomic E-state index is 4.03. The Hall–Kier alpha value is -0.340. The normalized spacial score (nSPS) is 24.5. The number of hydrogen-bond acceptors (Lipinski definition) is 1. The van der Waals surface area contributed by atoms with E-state index >= 15 is 0 Å². The van der Waals surface area contributed by atoms with Crippen molar-refractivity contribution in [2.75, 3.05) is 0 Å². The highest BCUT2D eigenvalue weighted by molar-refractivity contribution is 9.09. The first-order valence-electron chi connectivity index (χ1n) is 7.20. The standard InChI is InChI=1S/C17H21BrS/c1-17(2)10-6-5-8-14(17)16(18)13-11-19-15-9-4-3-7-12(13)15/h3-4,7,9,11,14,16H,5-6,8,10H2,1-2H3. The summed E-state index contributed by atoms with van der Waals surface area (Å²) in [5.74, 6) is 0.749. The highest BCUT2D eigenvalue weighted by atomic mass is 79.9. The molecule has 0 amide bonds. The largest absolute Gasteiger partial charge is 0.143 e. The van der Waals surface area contributed by atoms with Crippen molar-refractivity contribution in [3.05, 3.63) is 35.2 Å². The van der Waals surface area contributed by atoms with Gasteiger partial charge < -0.3 is 0 Å². The summed E-state index contributed by atoms with van der Waals surface area (Å²) in [4.78, 5) is 0.499. The van der Waals surface area contributed by atoms with E-state index in [0.717, 1.165) is 5.92 Å². The van der Waals surface area contributed by atoms with Crippen LogP contribution in [-0.4, -0.2) is 0 Å². The topological polar surface area (TPSA) is 0 Å². The zero-order valence-electron chi connectivity index (χ0n) is 11.7. The van der Waals surface area contributed by atoms with Crippen LogP contribution in [0, 0.1) is 11.3 Å². The van der Waals surface area contributed by atoms with E-state index in [0.29, 0.717) is 10.2 Å². The first-order chi connectivity index (χ1) is 9.09. The van der Waals surface area contributed by atoms with Crippen LogP contribution in [0.5, 0.6) is 0 Å². The van der Waals surface area contributed by atoms with Gasteiger partial charge in [-0.2, -0.15) is 0 Å². The van der Waals surface area contributed by atoms with Crippen molar-refractivity contribution >= 4 is 37.4 Å². The van der Waals surface area contributed by atoms with Gasteiger partial charge in [0.15, 0.2) is 0 Å². The third kappa shape index (κ3) is 2.50. The monoisotopic (exact) mass is 336 g/mol. The average molecular weight is 337 g/mol. The molecule has 1 heterocycles. The van der Waals surface area contributed by atoms with E-state index in [-0.39, 0.29) is 0 Å². The molecule has 3 rings (SSSR count). The van der Waals surface area contributed by atoms with Crippen LogP contribution in [0.15, 0.2) is 29.6 Å². The first-order valence-corrected chi connectivity index (χ1v) is 8.99. The Morgan fingerprint density at radius 3 is 2.84 bits per heavy atom. The Morgan fingerprint density at radius 2 is 2.05 bits per heavy atom. The predicted molar refractivity (Wildman–Crippen MR) is 89.2 cm³/mol. The lowest BCUT2D eigenvalue weighted by Gasteiger charge is -2.41. The highest BCUT2D eigenvalue weighted by Crippen LogP contribution is 2.51. The van der Waals surface area contributed by atoms with E-state index < -0.39 is 0 Å². The van der Waals surface area contributed by atoms with Crippen LogP contribution in [0.4, 0.5) is 0 Å². The second-order valence-corrected chi connectivity index (χ2v) is 8.33. The van der Waals surface area contributed by atoms with Crippen LogP contribution in [0.2, 0.25) is 0 Å². The molecule has 0 saturated heterocycles. The Labute approximate surface area is 128 Å². The molecule has 0 spiro atoms. The van der Waals surface area contributed by atoms with Crippen LogP contribution < -0.4 is 0 Å². The molecule has 2 aromatic rings. The molecule has 1 fully saturated rings. The molecule has 2 unspecified atom stereocenters. The Kier molecular flexibility index (Phi) is 3.74. The molecule has 1 aliphatic rings. The van der Waals surface area contributed by atoms with Crippen LogP contribution in [-0.2, 0) is 0 Å². The summed E-state index contributed by atoms with van der Waals surface area (Å²) in [5, 5.41) is 3.80. The summed E-state index contributed by atoms with van der Waals surface area (Å²) in [7, 11) is 0. The van der Waals surface area contributed by atoms with Crippen LogP contribution >= 0.6 is 27.3 Å². The molecule has 1 aromatic heterocycles. The minimum atomic E-state index is 0.454. The molecule has 1 aliphatic carbocycles. The second-order valence-electron chi connectivity index (χ2n) is 6.43. The van der Waals surface area contributed by atoms with Crippen LogP contribution in [0.25, 0.3) is 10.1 Å². The van der Waals surface area contributed by atoms with E-state index in [9.17, 15) is 0 Å². The Balaban J connectivity index is 1.97. The fourth-order valence-electron chi connectivity index (χ4n) is 3.49. The van der Waals surface area contributed by atoms with E-state index in [2.05, 4.69) is 59.4 Å². The van der Waals surface area contributed by atoms with Crippen molar-refractivity contribution in [3.8, 4) is 0 Å². The molecule has 0 nitrogen and oxygen atoms in total. The van der Waals surface area contributed by atoms with Crippen LogP contribution in [0.1, 0.15) is 49.9 Å². The van der Waals surface area contributed by atoms with Gasteiger partial charge in [0, 0.05) is 9.53 Å². The van der Waals surface area contributed by atoms with Crippen molar-refractivity contribution in [1.82, 2.24) is 0 Å². The van der Waals surface area contributed by atoms with Gasteiger partial charge in [-0.05, 0) is 46.6 Å². The number of fused-ring (bicyclic) bond motifs is 1. The van der Waals surface area contributed by atoms with Crippen LogP contribution in [0.3, 0.4) is 0 Å². The molecule has 0 bridgehead atoms. The molecule has 102 valence electrons. The van der Waals surface area contributed by atoms with Gasteiger partial charge in [0.25, 0.3) is 0 Å². The molecular formula is C17H21BrS. The molecular weight excluding hydrogens is 316 g/mol. The lowest BCUT2D eigenvalue weighted by Crippen LogP contribution is -2.30. The number of halogens is 1. The summed E-state index contributed by atoms with van der Waals surface area (Å²) in [5.41, 5.74) is 1.95. The lowest BCUT2D eigenvalue weighted by molar-refractivity contribution is 0.137. The zero-order valence-corrected chi connectivity index (χ0v) is 14.1. The molecule has 0 N–H and O–H groups in total. The second kappa shape index (κ2) is 5.21. The summed E-state index contributed by atoms with van der Waals surface area (Å²) in [6.07, 6.45) is 5.50. The highest BCUT2D eigenvalue weighted by Gasteiger charge is 2.37. The van der Waals surface area contributed by atoms with E-state index in [1.807, 2.05) is 11.3 Å². The minimum absolute atomic E-state index is 0.454. The van der Waals surface area contributed by atoms with Gasteiger partial charge in [0.2, 0.25) is 0 Å². The predicted octanol–water partition coefficient (Wildman–Crippen LogP) is 6.55. The lowest BCUT2D eigenvalue weighted by atomic mass is 9.67. The maximum atomic E-state index is 4.03. The molecule has 0 aliphatic heterocycles. The van der Waals surface area contributed by atoms with Gasteiger partial charge in [-0.15, -0.1) is 11.3 Å². The molecule has 2 atom stereocenters. The van der Waals surface area contributed by atoms with Gasteiger partial charge >= 0.3 is 0 Å². The zero-order chi connectivity index (χ0) is 13.5. The molecule has 19 heavy (non-hydrogen) atoms. The number of thiophene rings is 1. The molecule has 0 radical (unpaired) electrons. The summed E-state index contributed by atoms with van der Waals surface area (Å²) >= 11 is 5.91. The quantitative estimate of drug-likeness (QED) is 0.545. The minimum Gasteiger partial charge on any atom is -0.143 e. The average Bonchev–Trinajstić information content (AvgIpc) is 2.81. The smallest absolute Gasteiger partial charge is 0.0442 e. The van der Waals surface area contributed by atoms with Gasteiger partial charge in [0.05, 0.1) is 0 Å². The summed E-state index contributed by atoms with van der Waals surface area (Å²) < 4.78 is 1.41. The Morgan fingerprint density at radius 1 is 1.26 bits per heavy atom. The van der Waals surface area contributed by atoms with Crippen molar-refractivity contribution in [3.63, 3.8) is 0 Å². The van der Waals surface area contributed by atoms with Gasteiger partial charge in [-0.3, -0.25) is 0 Å². The van der Waals surface area contributed by atoms with E-state index in [4.69, 9.17) is 0 Å². The fourth-order valence-corrected chi connectivity index (χ4v) is 6.02. The molecule has 1 aromatic carbocycles. The van der Waals surface area contributed by atoms with E-state index in [1.54, 1.807) is 0 Å². The summed E-state index contributed by atoms with van der Waals surface area (Å²) in [6.45, 7) is 4.89. The fraction of sp³-hybridized carbons (Fsp3) is 0.529. The van der Waals surface area contributed by atoms with Crippen molar-refractivity contribution in [2.24, 2.45) is 11.3 Å². The summed E-state index contributed by atoms with van der Waals surface area (Å²) in [6, 6.07) is 8.79. The molecule has 2 heteroatoms. The van der Waals surface area contributed by atoms with Crippen molar-refractivity contribution in [2.45, 2.75) is 44.4 Å². The number of hydrogen-bond donors (Lipinski definition) is 0. The van der Waals surface area contributed by atoms with E-state index in [1.165, 1.54) is 41.3 Å². The van der Waals surface area contributed by atoms with Gasteiger partial charge in [-0.25, -0.2) is 0 Å². The van der Waals surface area contributed by atoms with Crippen molar-refractivity contribution < 1.29 is 0 Å². The third-order valence-corrected chi connectivity index (χ3v) is 6.86. The number of benzene rings is 1. The SMILES string of the molecule is CC1(C)CCCCC1C(Br)c1csc2ccccc12. The molecule has 1 saturated carbocycles. The Bertz CT molecular complexity index is 569. The van der Waals surface area contributed by atoms with Gasteiger partial charge in [-0.1, -0.05) is 60.8 Å². The third-order valence-electron chi connectivity index (χ3n) is 4.75. The van der Waals surface area contributed by atoms with Gasteiger partial charge in [0.1, 0.15) is 0 Å². The first kappa shape index (κ1) is 13.6. The van der Waals surface area contributed by atoms with Crippen molar-refractivity contribution in [1.29, 1.82) is 0 Å². The number of alkyl halides is 1. The maximum Gasteiger partial charge on any atom is 0.0442 e.